The molecule has 1 aromatic carbocycles. The predicted molar refractivity (Wildman–Crippen MR) is 72.0 cm³/mol. The van der Waals surface area contributed by atoms with Crippen molar-refractivity contribution in [3.8, 4) is 6.07 Å². The maximum atomic E-state index is 8.74. The summed E-state index contributed by atoms with van der Waals surface area (Å²) in [5, 5.41) is 13.8. The van der Waals surface area contributed by atoms with Gasteiger partial charge in [-0.05, 0) is 24.6 Å². The highest BCUT2D eigenvalue weighted by atomic mass is 35.5. The number of hydrogen-bond donors (Lipinski definition) is 0. The van der Waals surface area contributed by atoms with E-state index in [0.29, 0.717) is 34.6 Å². The number of rotatable bonds is 4. The second-order valence-corrected chi connectivity index (χ2v) is 5.03. The van der Waals surface area contributed by atoms with E-state index in [1.54, 1.807) is 25.1 Å². The van der Waals surface area contributed by atoms with Crippen LogP contribution in [0.2, 0.25) is 10.0 Å². The van der Waals surface area contributed by atoms with Crippen LogP contribution in [0.5, 0.6) is 0 Å². The molecule has 1 atom stereocenters. The van der Waals surface area contributed by atoms with Crippen LogP contribution in [0.25, 0.3) is 0 Å². The average Bonchev–Trinajstić information content (AvgIpc) is 2.81. The molecule has 4 nitrogen and oxygen atoms in total. The van der Waals surface area contributed by atoms with Crippen molar-refractivity contribution in [3.63, 3.8) is 0 Å². The normalized spacial score (nSPS) is 12.1. The van der Waals surface area contributed by atoms with Crippen molar-refractivity contribution in [1.82, 2.24) is 10.1 Å². The first-order valence-corrected chi connectivity index (χ1v) is 6.49. The lowest BCUT2D eigenvalue weighted by atomic mass is 10.1. The fourth-order valence-electron chi connectivity index (χ4n) is 1.61. The van der Waals surface area contributed by atoms with Crippen LogP contribution in [-0.2, 0) is 12.8 Å². The van der Waals surface area contributed by atoms with E-state index >= 15 is 0 Å². The van der Waals surface area contributed by atoms with Gasteiger partial charge in [0.2, 0.25) is 5.89 Å². The standard InChI is InChI=1S/C13H11Cl2N3O/c1-8(7-16)5-13-17-12(18-19-13)6-9-10(14)3-2-4-11(9)15/h2-4,8H,5-6H2,1H3. The third kappa shape index (κ3) is 3.46. The molecule has 0 amide bonds. The largest absolute Gasteiger partial charge is 0.339 e. The molecule has 0 saturated heterocycles. The zero-order valence-corrected chi connectivity index (χ0v) is 11.7. The van der Waals surface area contributed by atoms with Gasteiger partial charge in [0.25, 0.3) is 0 Å². The topological polar surface area (TPSA) is 62.7 Å². The molecule has 6 heteroatoms. The van der Waals surface area contributed by atoms with E-state index in [9.17, 15) is 0 Å². The van der Waals surface area contributed by atoms with E-state index in [1.807, 2.05) is 0 Å². The Hall–Kier alpha value is -1.57. The average molecular weight is 296 g/mol. The summed E-state index contributed by atoms with van der Waals surface area (Å²) in [6.45, 7) is 1.80. The quantitative estimate of drug-likeness (QED) is 0.863. The van der Waals surface area contributed by atoms with Crippen molar-refractivity contribution >= 4 is 23.2 Å². The third-order valence-corrected chi connectivity index (χ3v) is 3.32. The molecule has 0 spiro atoms. The van der Waals surface area contributed by atoms with Gasteiger partial charge >= 0.3 is 0 Å². The lowest BCUT2D eigenvalue weighted by Crippen LogP contribution is -1.97. The van der Waals surface area contributed by atoms with Gasteiger partial charge in [-0.25, -0.2) is 0 Å². The molecular formula is C13H11Cl2N3O. The van der Waals surface area contributed by atoms with Crippen molar-refractivity contribution in [2.75, 3.05) is 0 Å². The van der Waals surface area contributed by atoms with E-state index in [-0.39, 0.29) is 5.92 Å². The monoisotopic (exact) mass is 295 g/mol. The van der Waals surface area contributed by atoms with Crippen LogP contribution in [0.1, 0.15) is 24.2 Å². The maximum absolute atomic E-state index is 8.74. The molecular weight excluding hydrogens is 285 g/mol. The number of halogens is 2. The van der Waals surface area contributed by atoms with E-state index in [1.165, 1.54) is 0 Å². The molecule has 0 saturated carbocycles. The van der Waals surface area contributed by atoms with Gasteiger partial charge in [0.1, 0.15) is 0 Å². The predicted octanol–water partition coefficient (Wildman–Crippen LogP) is 3.67. The minimum absolute atomic E-state index is 0.155. The molecule has 1 unspecified atom stereocenters. The Balaban J connectivity index is 2.14. The number of hydrogen-bond acceptors (Lipinski definition) is 4. The summed E-state index contributed by atoms with van der Waals surface area (Å²) in [6, 6.07) is 7.43. The first kappa shape index (κ1) is 13.9. The van der Waals surface area contributed by atoms with Gasteiger partial charge in [0, 0.05) is 22.9 Å². The lowest BCUT2D eigenvalue weighted by Gasteiger charge is -2.03. The molecule has 19 heavy (non-hydrogen) atoms. The van der Waals surface area contributed by atoms with E-state index in [0.717, 1.165) is 5.56 Å². The minimum atomic E-state index is -0.155. The molecule has 1 aromatic heterocycles. The van der Waals surface area contributed by atoms with Crippen LogP contribution in [0.3, 0.4) is 0 Å². The van der Waals surface area contributed by atoms with Gasteiger partial charge in [-0.1, -0.05) is 34.4 Å². The molecule has 0 aliphatic rings. The SMILES string of the molecule is CC(C#N)Cc1nc(Cc2c(Cl)cccc2Cl)no1. The molecule has 0 bridgehead atoms. The van der Waals surface area contributed by atoms with Crippen LogP contribution >= 0.6 is 23.2 Å². The summed E-state index contributed by atoms with van der Waals surface area (Å²) in [6.07, 6.45) is 0.850. The van der Waals surface area contributed by atoms with Crippen molar-refractivity contribution in [2.24, 2.45) is 5.92 Å². The van der Waals surface area contributed by atoms with Gasteiger partial charge in [-0.3, -0.25) is 0 Å². The summed E-state index contributed by atoms with van der Waals surface area (Å²) in [5.74, 6) is 0.805. The molecule has 98 valence electrons. The van der Waals surface area contributed by atoms with E-state index in [4.69, 9.17) is 33.0 Å². The number of benzene rings is 1. The second-order valence-electron chi connectivity index (χ2n) is 4.22. The van der Waals surface area contributed by atoms with Crippen molar-refractivity contribution in [2.45, 2.75) is 19.8 Å². The Morgan fingerprint density at radius 2 is 2.05 bits per heavy atom. The van der Waals surface area contributed by atoms with Gasteiger partial charge in [0.15, 0.2) is 5.82 Å². The Morgan fingerprint density at radius 1 is 1.37 bits per heavy atom. The van der Waals surface area contributed by atoms with Crippen molar-refractivity contribution < 1.29 is 4.52 Å². The smallest absolute Gasteiger partial charge is 0.227 e. The number of nitrogens with zero attached hydrogens (tertiary/aromatic N) is 3. The highest BCUT2D eigenvalue weighted by molar-refractivity contribution is 6.36. The lowest BCUT2D eigenvalue weighted by molar-refractivity contribution is 0.365. The highest BCUT2D eigenvalue weighted by Crippen LogP contribution is 2.26. The summed E-state index contributed by atoms with van der Waals surface area (Å²) in [7, 11) is 0. The van der Waals surface area contributed by atoms with Crippen LogP contribution in [-0.4, -0.2) is 10.1 Å². The minimum Gasteiger partial charge on any atom is -0.339 e. The Labute approximate surface area is 120 Å². The summed E-state index contributed by atoms with van der Waals surface area (Å²) in [5.41, 5.74) is 0.770. The highest BCUT2D eigenvalue weighted by Gasteiger charge is 2.13. The van der Waals surface area contributed by atoms with E-state index in [2.05, 4.69) is 16.2 Å². The Bertz CT molecular complexity index is 598. The van der Waals surface area contributed by atoms with Gasteiger partial charge in [0.05, 0.1) is 12.0 Å². The van der Waals surface area contributed by atoms with Crippen LogP contribution in [0, 0.1) is 17.2 Å². The fourth-order valence-corrected chi connectivity index (χ4v) is 2.14. The zero-order valence-electron chi connectivity index (χ0n) is 10.2. The van der Waals surface area contributed by atoms with Gasteiger partial charge in [-0.15, -0.1) is 0 Å². The van der Waals surface area contributed by atoms with Crippen LogP contribution in [0.4, 0.5) is 0 Å². The molecule has 2 rings (SSSR count). The molecule has 0 aliphatic heterocycles. The zero-order chi connectivity index (χ0) is 13.8. The maximum Gasteiger partial charge on any atom is 0.227 e. The Morgan fingerprint density at radius 3 is 2.68 bits per heavy atom. The molecule has 0 fully saturated rings. The first-order chi connectivity index (χ1) is 9.10. The summed E-state index contributed by atoms with van der Waals surface area (Å²) in [4.78, 5) is 4.23. The summed E-state index contributed by atoms with van der Waals surface area (Å²) < 4.78 is 5.09. The first-order valence-electron chi connectivity index (χ1n) is 5.74. The van der Waals surface area contributed by atoms with Crippen molar-refractivity contribution in [3.05, 3.63) is 45.5 Å². The molecule has 0 radical (unpaired) electrons. The van der Waals surface area contributed by atoms with E-state index < -0.39 is 0 Å². The van der Waals surface area contributed by atoms with Crippen LogP contribution in [0.15, 0.2) is 22.7 Å². The van der Waals surface area contributed by atoms with Gasteiger partial charge < -0.3 is 4.52 Å². The molecule has 0 aliphatic carbocycles. The number of nitriles is 1. The molecule has 0 N–H and O–H groups in total. The number of aromatic nitrogens is 2. The summed E-state index contributed by atoms with van der Waals surface area (Å²) >= 11 is 12.2. The second kappa shape index (κ2) is 6.05. The Kier molecular flexibility index (Phi) is 4.41. The van der Waals surface area contributed by atoms with Gasteiger partial charge in [-0.2, -0.15) is 10.2 Å². The van der Waals surface area contributed by atoms with Crippen molar-refractivity contribution in [1.29, 1.82) is 5.26 Å². The molecule has 2 aromatic rings. The molecule has 1 heterocycles. The van der Waals surface area contributed by atoms with Crippen LogP contribution < -0.4 is 0 Å². The fraction of sp³-hybridized carbons (Fsp3) is 0.308. The third-order valence-electron chi connectivity index (χ3n) is 2.61.